The first-order valence-electron chi connectivity index (χ1n) is 10.6. The van der Waals surface area contributed by atoms with E-state index in [0.29, 0.717) is 24.5 Å². The molecule has 2 aliphatic rings. The zero-order valence-electron chi connectivity index (χ0n) is 18.3. The highest BCUT2D eigenvalue weighted by atomic mass is 32.2. The average Bonchev–Trinajstić information content (AvgIpc) is 3.15. The molecule has 0 aliphatic carbocycles. The number of nitrogens with one attached hydrogen (secondary N) is 1. The van der Waals surface area contributed by atoms with Crippen molar-refractivity contribution in [2.24, 2.45) is 0 Å². The lowest BCUT2D eigenvalue weighted by molar-refractivity contribution is -0.116. The molecule has 1 N–H and O–H groups in total. The number of ether oxygens (including phenoxy) is 1. The number of hydrogen-bond donors (Lipinski definition) is 1. The van der Waals surface area contributed by atoms with E-state index < -0.39 is 5.60 Å². The predicted molar refractivity (Wildman–Crippen MR) is 121 cm³/mol. The highest BCUT2D eigenvalue weighted by Crippen LogP contribution is 2.34. The Morgan fingerprint density at radius 1 is 1.19 bits per heavy atom. The Hall–Kier alpha value is -2.52. The first-order valence-corrected chi connectivity index (χ1v) is 11.5. The summed E-state index contributed by atoms with van der Waals surface area (Å²) in [6, 6.07) is 5.91. The van der Waals surface area contributed by atoms with Gasteiger partial charge in [0.2, 0.25) is 0 Å². The fraction of sp³-hybridized carbons (Fsp3) is 0.500. The molecule has 2 amide bonds. The van der Waals surface area contributed by atoms with Crippen molar-refractivity contribution in [1.82, 2.24) is 24.5 Å². The van der Waals surface area contributed by atoms with E-state index in [1.54, 1.807) is 11.1 Å². The summed E-state index contributed by atoms with van der Waals surface area (Å²) in [6.45, 7) is 10.1. The van der Waals surface area contributed by atoms with Crippen LogP contribution in [0, 0.1) is 0 Å². The van der Waals surface area contributed by atoms with Crippen LogP contribution in [0.2, 0.25) is 0 Å². The molecule has 1 fully saturated rings. The number of carbonyl (C=O) groups excluding carboxylic acids is 2. The molecule has 0 unspecified atom stereocenters. The Morgan fingerprint density at radius 2 is 1.97 bits per heavy atom. The third-order valence-electron chi connectivity index (χ3n) is 5.20. The van der Waals surface area contributed by atoms with Crippen LogP contribution in [0.5, 0.6) is 0 Å². The van der Waals surface area contributed by atoms with Gasteiger partial charge >= 0.3 is 6.09 Å². The normalized spacial score (nSPS) is 16.9. The van der Waals surface area contributed by atoms with Gasteiger partial charge in [-0.25, -0.2) is 9.78 Å². The Kier molecular flexibility index (Phi) is 6.24. The Morgan fingerprint density at radius 3 is 2.71 bits per heavy atom. The number of hydrogen-bond acceptors (Lipinski definition) is 6. The second-order valence-corrected chi connectivity index (χ2v) is 9.83. The quantitative estimate of drug-likeness (QED) is 0.716. The second-order valence-electron chi connectivity index (χ2n) is 8.77. The number of carbonyl (C=O) groups is 2. The fourth-order valence-electron chi connectivity index (χ4n) is 3.67. The van der Waals surface area contributed by atoms with Gasteiger partial charge in [0.15, 0.2) is 0 Å². The summed E-state index contributed by atoms with van der Waals surface area (Å²) < 4.78 is 7.49. The summed E-state index contributed by atoms with van der Waals surface area (Å²) in [5, 5.41) is 4.03. The molecule has 0 bridgehead atoms. The lowest BCUT2D eigenvalue weighted by atomic mass is 10.2. The molecule has 4 heterocycles. The minimum atomic E-state index is -0.468. The average molecular weight is 444 g/mol. The molecular weight excluding hydrogens is 414 g/mol. The van der Waals surface area contributed by atoms with Gasteiger partial charge in [0, 0.05) is 32.7 Å². The molecule has 0 spiro atoms. The largest absolute Gasteiger partial charge is 0.444 e. The number of rotatable bonds is 5. The number of nitrogens with zero attached hydrogens (tertiary/aromatic N) is 4. The van der Waals surface area contributed by atoms with E-state index in [0.717, 1.165) is 42.4 Å². The summed E-state index contributed by atoms with van der Waals surface area (Å²) in [6.07, 6.45) is 4.31. The first-order chi connectivity index (χ1) is 14.8. The summed E-state index contributed by atoms with van der Waals surface area (Å²) in [7, 11) is 0. The fourth-order valence-corrected chi connectivity index (χ4v) is 4.68. The lowest BCUT2D eigenvalue weighted by Crippen LogP contribution is -2.50. The van der Waals surface area contributed by atoms with E-state index in [-0.39, 0.29) is 12.0 Å². The van der Waals surface area contributed by atoms with Crippen molar-refractivity contribution < 1.29 is 14.3 Å². The molecule has 0 atom stereocenters. The third kappa shape index (κ3) is 5.22. The predicted octanol–water partition coefficient (Wildman–Crippen LogP) is 2.84. The highest BCUT2D eigenvalue weighted by Gasteiger charge is 2.25. The van der Waals surface area contributed by atoms with Crippen LogP contribution in [0.3, 0.4) is 0 Å². The number of imidazole rings is 1. The van der Waals surface area contributed by atoms with Crippen LogP contribution in [0.25, 0.3) is 11.7 Å². The molecule has 166 valence electrons. The number of amides is 2. The minimum Gasteiger partial charge on any atom is -0.444 e. The van der Waals surface area contributed by atoms with E-state index in [2.05, 4.69) is 19.6 Å². The molecule has 0 saturated carbocycles. The molecule has 8 nitrogen and oxygen atoms in total. The molecule has 31 heavy (non-hydrogen) atoms. The van der Waals surface area contributed by atoms with Gasteiger partial charge in [-0.05, 0) is 51.9 Å². The van der Waals surface area contributed by atoms with Crippen LogP contribution < -0.4 is 5.32 Å². The molecular formula is C22H29N5O3S. The maximum absolute atomic E-state index is 12.6. The van der Waals surface area contributed by atoms with Crippen molar-refractivity contribution in [3.8, 4) is 0 Å². The van der Waals surface area contributed by atoms with Crippen molar-refractivity contribution in [3.63, 3.8) is 0 Å². The van der Waals surface area contributed by atoms with Crippen molar-refractivity contribution in [2.45, 2.75) is 37.8 Å². The SMILES string of the molecule is CC(C)(C)OC(=O)N1CCN(CCCNC(=O)C2=Cc3cnc4cccc(n34)S2)CC1. The van der Waals surface area contributed by atoms with Crippen molar-refractivity contribution in [2.75, 3.05) is 39.3 Å². The van der Waals surface area contributed by atoms with Gasteiger partial charge in [0.1, 0.15) is 11.2 Å². The monoisotopic (exact) mass is 443 g/mol. The summed E-state index contributed by atoms with van der Waals surface area (Å²) in [4.78, 5) is 33.9. The number of thioether (sulfide) groups is 1. The Labute approximate surface area is 186 Å². The topological polar surface area (TPSA) is 79.2 Å². The summed E-state index contributed by atoms with van der Waals surface area (Å²) >= 11 is 1.47. The number of pyridine rings is 1. The standard InChI is InChI=1S/C22H29N5O3S/c1-22(2,3)30-21(29)26-12-10-25(11-13-26)9-5-8-23-20(28)17-14-16-15-24-18-6-4-7-19(31-17)27(16)18/h4,6-7,14-15H,5,8-13H2,1-3H3,(H,23,28). The van der Waals surface area contributed by atoms with E-state index in [1.807, 2.05) is 45.0 Å². The number of aromatic nitrogens is 2. The van der Waals surface area contributed by atoms with Crippen molar-refractivity contribution >= 4 is 35.5 Å². The molecule has 4 rings (SSSR count). The van der Waals surface area contributed by atoms with E-state index >= 15 is 0 Å². The van der Waals surface area contributed by atoms with Crippen molar-refractivity contribution in [3.05, 3.63) is 35.0 Å². The van der Waals surface area contributed by atoms with Crippen molar-refractivity contribution in [1.29, 1.82) is 0 Å². The summed E-state index contributed by atoms with van der Waals surface area (Å²) in [5.74, 6) is -0.0517. The molecule has 2 aromatic heterocycles. The molecule has 0 aromatic carbocycles. The molecule has 9 heteroatoms. The highest BCUT2D eigenvalue weighted by molar-refractivity contribution is 8.04. The first kappa shape index (κ1) is 21.7. The number of piperazine rings is 1. The molecule has 1 saturated heterocycles. The van der Waals surface area contributed by atoms with Crippen LogP contribution in [0.4, 0.5) is 4.79 Å². The molecule has 0 radical (unpaired) electrons. The third-order valence-corrected chi connectivity index (χ3v) is 6.25. The van der Waals surface area contributed by atoms with Crippen LogP contribution in [-0.2, 0) is 9.53 Å². The minimum absolute atomic E-state index is 0.0517. The van der Waals surface area contributed by atoms with Gasteiger partial charge in [0.25, 0.3) is 5.91 Å². The maximum Gasteiger partial charge on any atom is 0.410 e. The lowest BCUT2D eigenvalue weighted by Gasteiger charge is -2.35. The van der Waals surface area contributed by atoms with Gasteiger partial charge in [-0.1, -0.05) is 17.8 Å². The molecule has 2 aliphatic heterocycles. The van der Waals surface area contributed by atoms with Crippen LogP contribution in [-0.4, -0.2) is 76.1 Å². The summed E-state index contributed by atoms with van der Waals surface area (Å²) in [5.41, 5.74) is 1.35. The van der Waals surface area contributed by atoms with Gasteiger partial charge < -0.3 is 15.0 Å². The van der Waals surface area contributed by atoms with Gasteiger partial charge in [-0.15, -0.1) is 0 Å². The molecule has 2 aromatic rings. The van der Waals surface area contributed by atoms with Gasteiger partial charge in [0.05, 0.1) is 21.8 Å². The van der Waals surface area contributed by atoms with E-state index in [9.17, 15) is 9.59 Å². The van der Waals surface area contributed by atoms with Gasteiger partial charge in [-0.2, -0.15) is 0 Å². The van der Waals surface area contributed by atoms with Crippen LogP contribution >= 0.6 is 11.8 Å². The Balaban J connectivity index is 1.19. The maximum atomic E-state index is 12.6. The zero-order valence-corrected chi connectivity index (χ0v) is 19.1. The van der Waals surface area contributed by atoms with Crippen LogP contribution in [0.15, 0.2) is 34.3 Å². The van der Waals surface area contributed by atoms with E-state index in [4.69, 9.17) is 4.74 Å². The van der Waals surface area contributed by atoms with E-state index in [1.165, 1.54) is 11.8 Å². The second kappa shape index (κ2) is 8.92. The zero-order chi connectivity index (χ0) is 22.0. The van der Waals surface area contributed by atoms with Gasteiger partial charge in [-0.3, -0.25) is 14.1 Å². The Bertz CT molecular complexity index is 1000. The smallest absolute Gasteiger partial charge is 0.410 e. The van der Waals surface area contributed by atoms with Crippen LogP contribution in [0.1, 0.15) is 32.9 Å².